The van der Waals surface area contributed by atoms with Gasteiger partial charge in [0.2, 0.25) is 5.78 Å². The van der Waals surface area contributed by atoms with Crippen molar-refractivity contribution in [3.05, 3.63) is 74.5 Å². The Bertz CT molecular complexity index is 1440. The molecule has 0 saturated heterocycles. The van der Waals surface area contributed by atoms with Crippen molar-refractivity contribution in [2.45, 2.75) is 79.1 Å². The number of furan rings is 2. The molecule has 1 aromatic carbocycles. The molecule has 0 spiro atoms. The molecule has 1 atom stereocenters. The molecule has 2 aromatic heterocycles. The highest BCUT2D eigenvalue weighted by atomic mass is 16.4. The predicted molar refractivity (Wildman–Crippen MR) is 136 cm³/mol. The third-order valence-corrected chi connectivity index (χ3v) is 7.86. The van der Waals surface area contributed by atoms with Gasteiger partial charge in [0.25, 0.3) is 0 Å². The third kappa shape index (κ3) is 3.51. The van der Waals surface area contributed by atoms with Crippen LogP contribution in [0.1, 0.15) is 107 Å². The van der Waals surface area contributed by atoms with Crippen LogP contribution >= 0.6 is 0 Å². The van der Waals surface area contributed by atoms with Crippen molar-refractivity contribution in [3.8, 4) is 5.75 Å². The first kappa shape index (κ1) is 23.4. The van der Waals surface area contributed by atoms with Crippen molar-refractivity contribution in [2.75, 3.05) is 0 Å². The fourth-order valence-corrected chi connectivity index (χ4v) is 5.99. The molecule has 0 amide bonds. The Kier molecular flexibility index (Phi) is 5.82. The molecule has 2 aliphatic carbocycles. The number of aromatic hydroxyl groups is 1. The molecule has 0 saturated carbocycles. The summed E-state index contributed by atoms with van der Waals surface area (Å²) in [6, 6.07) is 0. The van der Waals surface area contributed by atoms with Gasteiger partial charge in [0.05, 0.1) is 11.8 Å². The van der Waals surface area contributed by atoms with Crippen LogP contribution in [0, 0.1) is 13.8 Å². The van der Waals surface area contributed by atoms with Crippen LogP contribution in [0.15, 0.2) is 38.4 Å². The van der Waals surface area contributed by atoms with E-state index in [1.807, 2.05) is 32.9 Å². The number of phenols is 1. The minimum Gasteiger partial charge on any atom is -0.504 e. The molecule has 0 bridgehead atoms. The molecule has 1 N–H and O–H groups in total. The van der Waals surface area contributed by atoms with Crippen LogP contribution in [0.5, 0.6) is 5.75 Å². The van der Waals surface area contributed by atoms with Crippen LogP contribution in [0.3, 0.4) is 0 Å². The first-order valence-electron chi connectivity index (χ1n) is 12.5. The molecule has 0 unspecified atom stereocenters. The van der Waals surface area contributed by atoms with Crippen molar-refractivity contribution < 1.29 is 23.5 Å². The van der Waals surface area contributed by atoms with Gasteiger partial charge in [-0.1, -0.05) is 19.1 Å². The summed E-state index contributed by atoms with van der Waals surface area (Å²) in [7, 11) is 0. The number of phenolic OH excluding ortho intramolecular Hbond substituents is 1. The van der Waals surface area contributed by atoms with E-state index in [4.69, 9.17) is 8.83 Å². The Balaban J connectivity index is 1.64. The predicted octanol–water partition coefficient (Wildman–Crippen LogP) is 7.43. The van der Waals surface area contributed by atoms with E-state index in [1.165, 1.54) is 0 Å². The number of hydrogen-bond acceptors (Lipinski definition) is 5. The fraction of sp³-hybridized carbons (Fsp3) is 0.400. The van der Waals surface area contributed by atoms with Gasteiger partial charge in [0.15, 0.2) is 22.9 Å². The number of fused-ring (bicyclic) bond motifs is 3. The average molecular weight is 473 g/mol. The highest BCUT2D eigenvalue weighted by Crippen LogP contribution is 2.46. The summed E-state index contributed by atoms with van der Waals surface area (Å²) < 4.78 is 12.0. The van der Waals surface area contributed by atoms with E-state index in [0.29, 0.717) is 47.3 Å². The number of benzene rings is 1. The highest BCUT2D eigenvalue weighted by Gasteiger charge is 2.37. The number of allylic oxidation sites excluding steroid dienone is 4. The van der Waals surface area contributed by atoms with E-state index in [-0.39, 0.29) is 29.0 Å². The lowest BCUT2D eigenvalue weighted by Gasteiger charge is -2.27. The van der Waals surface area contributed by atoms with Gasteiger partial charge in [0, 0.05) is 34.1 Å². The average Bonchev–Trinajstić information content (AvgIpc) is 3.38. The molecule has 0 aliphatic heterocycles. The number of carbonyl (C=O) groups is 2. The summed E-state index contributed by atoms with van der Waals surface area (Å²) in [4.78, 5) is 26.7. The Hall–Kier alpha value is -3.34. The molecule has 2 aliphatic rings. The zero-order valence-electron chi connectivity index (χ0n) is 21.1. The lowest BCUT2D eigenvalue weighted by molar-refractivity contribution is 0.0951. The summed E-state index contributed by atoms with van der Waals surface area (Å²) in [5.74, 6) is 1.03. The SMILES string of the molecule is C/C=C/CCC1=C(C)C(=O)c2c(oc(Cc3c4c(c(O)c5occ(C)c35)CCC[C@@H]4C)c2C)C1=O. The molecular formula is C30H32O5. The molecule has 0 fully saturated rings. The first-order valence-corrected chi connectivity index (χ1v) is 12.5. The molecule has 182 valence electrons. The van der Waals surface area contributed by atoms with Crippen molar-refractivity contribution in [1.82, 2.24) is 0 Å². The third-order valence-electron chi connectivity index (χ3n) is 7.86. The quantitative estimate of drug-likeness (QED) is 0.391. The minimum atomic E-state index is -0.179. The van der Waals surface area contributed by atoms with Crippen LogP contribution in [0.2, 0.25) is 0 Å². The van der Waals surface area contributed by atoms with Gasteiger partial charge in [-0.25, -0.2) is 0 Å². The van der Waals surface area contributed by atoms with E-state index >= 15 is 0 Å². The van der Waals surface area contributed by atoms with E-state index in [2.05, 4.69) is 6.92 Å². The maximum absolute atomic E-state index is 13.4. The summed E-state index contributed by atoms with van der Waals surface area (Å²) in [6.07, 6.45) is 10.2. The van der Waals surface area contributed by atoms with Crippen molar-refractivity contribution >= 4 is 22.5 Å². The minimum absolute atomic E-state index is 0.117. The Morgan fingerprint density at radius 3 is 2.69 bits per heavy atom. The lowest BCUT2D eigenvalue weighted by Crippen LogP contribution is -2.20. The number of Topliss-reactive ketones (excluding diaryl/α,β-unsaturated/α-hetero) is 2. The maximum Gasteiger partial charge on any atom is 0.225 e. The van der Waals surface area contributed by atoms with Crippen molar-refractivity contribution in [3.63, 3.8) is 0 Å². The molecule has 2 heterocycles. The second kappa shape index (κ2) is 8.71. The monoisotopic (exact) mass is 472 g/mol. The Labute approximate surface area is 205 Å². The van der Waals surface area contributed by atoms with Crippen LogP contribution in [0.25, 0.3) is 11.0 Å². The molecule has 35 heavy (non-hydrogen) atoms. The topological polar surface area (TPSA) is 80.7 Å². The van der Waals surface area contributed by atoms with Gasteiger partial charge in [-0.05, 0) is 82.4 Å². The number of carbonyl (C=O) groups excluding carboxylic acids is 2. The van der Waals surface area contributed by atoms with Gasteiger partial charge in [-0.2, -0.15) is 0 Å². The number of rotatable bonds is 5. The van der Waals surface area contributed by atoms with Gasteiger partial charge in [0.1, 0.15) is 5.76 Å². The molecular weight excluding hydrogens is 440 g/mol. The smallest absolute Gasteiger partial charge is 0.225 e. The molecule has 5 heteroatoms. The maximum atomic E-state index is 13.4. The number of hydrogen-bond donors (Lipinski definition) is 1. The molecule has 5 rings (SSSR count). The lowest BCUT2D eigenvalue weighted by atomic mass is 9.78. The van der Waals surface area contributed by atoms with Gasteiger partial charge < -0.3 is 13.9 Å². The largest absolute Gasteiger partial charge is 0.504 e. The van der Waals surface area contributed by atoms with Crippen LogP contribution in [0.4, 0.5) is 0 Å². The summed E-state index contributed by atoms with van der Waals surface area (Å²) in [5.41, 5.74) is 6.83. The fourth-order valence-electron chi connectivity index (χ4n) is 5.99. The number of aryl methyl sites for hydroxylation is 1. The normalized spacial score (nSPS) is 18.1. The number of ketones is 2. The van der Waals surface area contributed by atoms with E-state index in [1.54, 1.807) is 13.2 Å². The van der Waals surface area contributed by atoms with E-state index in [0.717, 1.165) is 52.5 Å². The van der Waals surface area contributed by atoms with Gasteiger partial charge in [-0.3, -0.25) is 9.59 Å². The zero-order chi connectivity index (χ0) is 25.0. The highest BCUT2D eigenvalue weighted by molar-refractivity contribution is 6.26. The van der Waals surface area contributed by atoms with E-state index < -0.39 is 0 Å². The Morgan fingerprint density at radius 2 is 1.94 bits per heavy atom. The van der Waals surface area contributed by atoms with Gasteiger partial charge in [-0.15, -0.1) is 0 Å². The summed E-state index contributed by atoms with van der Waals surface area (Å²) >= 11 is 0. The second-order valence-corrected chi connectivity index (χ2v) is 10.0. The first-order chi connectivity index (χ1) is 16.8. The summed E-state index contributed by atoms with van der Waals surface area (Å²) in [5, 5.41) is 11.9. The summed E-state index contributed by atoms with van der Waals surface area (Å²) in [6.45, 7) is 9.73. The zero-order valence-corrected chi connectivity index (χ0v) is 21.1. The van der Waals surface area contributed by atoms with Crippen LogP contribution < -0.4 is 0 Å². The molecule has 3 aromatic rings. The Morgan fingerprint density at radius 1 is 1.17 bits per heavy atom. The van der Waals surface area contributed by atoms with E-state index in [9.17, 15) is 14.7 Å². The second-order valence-electron chi connectivity index (χ2n) is 10.0. The van der Waals surface area contributed by atoms with Gasteiger partial charge >= 0.3 is 0 Å². The van der Waals surface area contributed by atoms with Crippen LogP contribution in [-0.4, -0.2) is 16.7 Å². The standard InChI is InChI=1S/C30H32O5/c1-6-7-8-11-19-17(4)26(31)25-18(5)22(35-30(25)27(19)32)13-21-23-15(2)10-9-12-20(23)28(33)29-24(21)16(3)14-34-29/h6-7,14-15,33H,8-13H2,1-5H3/b7-6+/t15-/m0/s1. The van der Waals surface area contributed by atoms with Crippen molar-refractivity contribution in [2.24, 2.45) is 0 Å². The molecule has 0 radical (unpaired) electrons. The molecule has 5 nitrogen and oxygen atoms in total. The van der Waals surface area contributed by atoms with Crippen LogP contribution in [-0.2, 0) is 12.8 Å². The van der Waals surface area contributed by atoms with Crippen molar-refractivity contribution in [1.29, 1.82) is 0 Å².